The molecule has 1 unspecified atom stereocenters. The van der Waals surface area contributed by atoms with Crippen LogP contribution in [0, 0.1) is 0 Å². The van der Waals surface area contributed by atoms with Crippen LogP contribution in [0.15, 0.2) is 0 Å². The molecule has 0 aliphatic carbocycles. The van der Waals surface area contributed by atoms with E-state index in [4.69, 9.17) is 9.05 Å². The van der Waals surface area contributed by atoms with Gasteiger partial charge in [-0.3, -0.25) is 13.8 Å². The summed E-state index contributed by atoms with van der Waals surface area (Å²) >= 11 is 0. The number of amides is 1. The number of carbonyl (C=O) groups is 1. The first-order valence-electron chi connectivity index (χ1n) is 23.4. The SMILES string of the molecule is CCCCCCCCCCCCCCCCCCCC(=O)N[C@@H](COP(=O)(O)OCC[N+](C)(C)C)[C@H](O)CCCCCCCCCCCCCCCCC. The Bertz CT molecular complexity index is 855. The highest BCUT2D eigenvalue weighted by molar-refractivity contribution is 7.47. The minimum absolute atomic E-state index is 0.0787. The highest BCUT2D eigenvalue weighted by Crippen LogP contribution is 2.43. The summed E-state index contributed by atoms with van der Waals surface area (Å²) in [4.78, 5) is 23.2. The molecule has 3 atom stereocenters. The molecule has 0 heterocycles. The van der Waals surface area contributed by atoms with Crippen molar-refractivity contribution in [1.82, 2.24) is 5.32 Å². The van der Waals surface area contributed by atoms with Gasteiger partial charge < -0.3 is 19.8 Å². The molecule has 3 N–H and O–H groups in total. The van der Waals surface area contributed by atoms with Crippen LogP contribution in [-0.4, -0.2) is 73.4 Å². The van der Waals surface area contributed by atoms with E-state index in [0.717, 1.165) is 38.5 Å². The number of hydrogen-bond donors (Lipinski definition) is 3. The fraction of sp³-hybridized carbons (Fsp3) is 0.978. The molecule has 0 rings (SSSR count). The van der Waals surface area contributed by atoms with E-state index in [2.05, 4.69) is 19.2 Å². The van der Waals surface area contributed by atoms with Gasteiger partial charge >= 0.3 is 7.82 Å². The van der Waals surface area contributed by atoms with Gasteiger partial charge in [0.05, 0.1) is 39.9 Å². The summed E-state index contributed by atoms with van der Waals surface area (Å²) in [5, 5.41) is 14.0. The van der Waals surface area contributed by atoms with Gasteiger partial charge in [-0.1, -0.05) is 213 Å². The lowest BCUT2D eigenvalue weighted by Crippen LogP contribution is -2.46. The van der Waals surface area contributed by atoms with Crippen LogP contribution in [0.3, 0.4) is 0 Å². The maximum atomic E-state index is 12.9. The smallest absolute Gasteiger partial charge is 0.391 e. The van der Waals surface area contributed by atoms with Crippen LogP contribution in [-0.2, 0) is 18.4 Å². The zero-order chi connectivity index (χ0) is 40.0. The monoisotopic (exact) mass is 790 g/mol. The Hall–Kier alpha value is -0.500. The lowest BCUT2D eigenvalue weighted by atomic mass is 10.0. The summed E-state index contributed by atoms with van der Waals surface area (Å²) in [7, 11) is 1.63. The van der Waals surface area contributed by atoms with Gasteiger partial charge in [-0.25, -0.2) is 4.57 Å². The van der Waals surface area contributed by atoms with Crippen molar-refractivity contribution >= 4 is 13.7 Å². The molecule has 9 heteroatoms. The van der Waals surface area contributed by atoms with Gasteiger partial charge in [-0.2, -0.15) is 0 Å². The largest absolute Gasteiger partial charge is 0.472 e. The molecule has 0 saturated carbocycles. The van der Waals surface area contributed by atoms with Gasteiger partial charge in [-0.15, -0.1) is 0 Å². The maximum absolute atomic E-state index is 12.9. The molecule has 0 bridgehead atoms. The van der Waals surface area contributed by atoms with Crippen molar-refractivity contribution in [1.29, 1.82) is 0 Å². The molecule has 1 amide bonds. The predicted molar refractivity (Wildman–Crippen MR) is 231 cm³/mol. The molecule has 324 valence electrons. The van der Waals surface area contributed by atoms with E-state index >= 15 is 0 Å². The van der Waals surface area contributed by atoms with Crippen LogP contribution >= 0.6 is 7.82 Å². The highest BCUT2D eigenvalue weighted by atomic mass is 31.2. The second-order valence-electron chi connectivity index (χ2n) is 17.5. The van der Waals surface area contributed by atoms with E-state index < -0.39 is 20.0 Å². The number of phosphoric ester groups is 1. The van der Waals surface area contributed by atoms with Gasteiger partial charge in [-0.05, 0) is 12.8 Å². The number of carbonyl (C=O) groups excluding carboxylic acids is 1. The molecule has 0 saturated heterocycles. The number of phosphoric acid groups is 1. The van der Waals surface area contributed by atoms with Gasteiger partial charge in [0, 0.05) is 6.42 Å². The number of aliphatic hydroxyl groups is 1. The third kappa shape index (κ3) is 39.7. The number of rotatable bonds is 43. The molecule has 0 aromatic carbocycles. The lowest BCUT2D eigenvalue weighted by molar-refractivity contribution is -0.870. The Balaban J connectivity index is 4.29. The standard InChI is InChI=1S/C45H93N2O6P/c1-6-8-10-12-14-16-18-20-22-23-25-27-29-31-33-35-37-39-45(49)46-43(42-53-54(50,51)52-41-40-47(3,4)5)44(48)38-36-34-32-30-28-26-24-21-19-17-15-13-11-9-7-2/h43-44,48H,6-42H2,1-5H3,(H-,46,49,50,51)/p+1/t43-,44+/m0/s1. The molecular weight excluding hydrogens is 695 g/mol. The summed E-state index contributed by atoms with van der Waals surface area (Å²) in [5.41, 5.74) is 0. The third-order valence-electron chi connectivity index (χ3n) is 10.9. The summed E-state index contributed by atoms with van der Waals surface area (Å²) in [6.45, 7) is 4.91. The summed E-state index contributed by atoms with van der Waals surface area (Å²) in [6, 6.07) is -0.752. The topological polar surface area (TPSA) is 105 Å². The van der Waals surface area contributed by atoms with E-state index in [0.29, 0.717) is 23.9 Å². The van der Waals surface area contributed by atoms with E-state index in [1.165, 1.54) is 167 Å². The van der Waals surface area contributed by atoms with Crippen molar-refractivity contribution in [2.45, 2.75) is 244 Å². The second kappa shape index (κ2) is 38.0. The van der Waals surface area contributed by atoms with Gasteiger partial charge in [0.2, 0.25) is 5.91 Å². The van der Waals surface area contributed by atoms with Crippen LogP contribution in [0.2, 0.25) is 0 Å². The van der Waals surface area contributed by atoms with Crippen LogP contribution in [0.1, 0.15) is 232 Å². The van der Waals surface area contributed by atoms with Crippen molar-refractivity contribution in [3.63, 3.8) is 0 Å². The third-order valence-corrected chi connectivity index (χ3v) is 11.8. The van der Waals surface area contributed by atoms with Crippen LogP contribution < -0.4 is 5.32 Å². The van der Waals surface area contributed by atoms with Crippen LogP contribution in [0.25, 0.3) is 0 Å². The predicted octanol–water partition coefficient (Wildman–Crippen LogP) is 13.0. The average Bonchev–Trinajstić information content (AvgIpc) is 3.12. The van der Waals surface area contributed by atoms with Crippen molar-refractivity contribution in [3.8, 4) is 0 Å². The van der Waals surface area contributed by atoms with Gasteiger partial charge in [0.1, 0.15) is 13.2 Å². The van der Waals surface area contributed by atoms with Crippen molar-refractivity contribution in [2.75, 3.05) is 40.9 Å². The molecule has 0 aromatic rings. The average molecular weight is 790 g/mol. The van der Waals surface area contributed by atoms with Crippen LogP contribution in [0.4, 0.5) is 0 Å². The van der Waals surface area contributed by atoms with E-state index in [1.54, 1.807) is 0 Å². The Labute approximate surface area is 336 Å². The van der Waals surface area contributed by atoms with E-state index in [9.17, 15) is 19.4 Å². The van der Waals surface area contributed by atoms with Crippen LogP contribution in [0.5, 0.6) is 0 Å². The fourth-order valence-corrected chi connectivity index (χ4v) is 7.84. The summed E-state index contributed by atoms with van der Waals surface area (Å²) < 4.78 is 23.6. The number of nitrogens with one attached hydrogen (secondary N) is 1. The molecule has 0 aromatic heterocycles. The van der Waals surface area contributed by atoms with E-state index in [1.807, 2.05) is 21.1 Å². The molecule has 0 aliphatic heterocycles. The number of hydrogen-bond acceptors (Lipinski definition) is 5. The van der Waals surface area contributed by atoms with Gasteiger partial charge in [0.15, 0.2) is 0 Å². The van der Waals surface area contributed by atoms with E-state index in [-0.39, 0.29) is 19.1 Å². The highest BCUT2D eigenvalue weighted by Gasteiger charge is 2.28. The summed E-state index contributed by atoms with van der Waals surface area (Å²) in [6.07, 6.45) is 41.2. The Morgan fingerprint density at radius 1 is 0.556 bits per heavy atom. The first kappa shape index (κ1) is 53.5. The Morgan fingerprint density at radius 2 is 0.889 bits per heavy atom. The molecule has 0 spiro atoms. The quantitative estimate of drug-likeness (QED) is 0.0323. The minimum Gasteiger partial charge on any atom is -0.391 e. The number of quaternary nitrogens is 1. The molecular formula is C45H94N2O6P+. The molecule has 8 nitrogen and oxygen atoms in total. The van der Waals surface area contributed by atoms with Crippen molar-refractivity contribution in [2.24, 2.45) is 0 Å². The first-order valence-corrected chi connectivity index (χ1v) is 24.9. The number of likely N-dealkylation sites (N-methyl/N-ethyl adjacent to an activating group) is 1. The fourth-order valence-electron chi connectivity index (χ4n) is 7.11. The molecule has 0 aliphatic rings. The molecule has 54 heavy (non-hydrogen) atoms. The normalized spacial score (nSPS) is 14.3. The number of unbranched alkanes of at least 4 members (excludes halogenated alkanes) is 30. The van der Waals surface area contributed by atoms with Crippen molar-refractivity contribution < 1.29 is 32.9 Å². The van der Waals surface area contributed by atoms with Gasteiger partial charge in [0.25, 0.3) is 0 Å². The number of nitrogens with zero attached hydrogens (tertiary/aromatic N) is 1. The Morgan fingerprint density at radius 3 is 1.24 bits per heavy atom. The zero-order valence-electron chi connectivity index (χ0n) is 36.7. The Kier molecular flexibility index (Phi) is 37.7. The number of aliphatic hydroxyl groups excluding tert-OH is 1. The first-order chi connectivity index (χ1) is 26.0. The maximum Gasteiger partial charge on any atom is 0.472 e. The second-order valence-corrected chi connectivity index (χ2v) is 19.0. The molecule has 0 fully saturated rings. The minimum atomic E-state index is -4.31. The molecule has 0 radical (unpaired) electrons. The lowest BCUT2D eigenvalue weighted by Gasteiger charge is -2.26. The van der Waals surface area contributed by atoms with Crippen molar-refractivity contribution in [3.05, 3.63) is 0 Å². The zero-order valence-corrected chi connectivity index (χ0v) is 37.6. The summed E-state index contributed by atoms with van der Waals surface area (Å²) in [5.74, 6) is -0.140.